The molecule has 0 atom stereocenters. The van der Waals surface area contributed by atoms with Crippen LogP contribution >= 0.6 is 0 Å². The van der Waals surface area contributed by atoms with Gasteiger partial charge in [-0.25, -0.2) is 0 Å². The zero-order valence-electron chi connectivity index (χ0n) is 11.2. The Labute approximate surface area is 110 Å². The quantitative estimate of drug-likeness (QED) is 0.750. The summed E-state index contributed by atoms with van der Waals surface area (Å²) in [6, 6.07) is 6.67. The van der Waals surface area contributed by atoms with Gasteiger partial charge in [-0.05, 0) is 55.3 Å². The van der Waals surface area contributed by atoms with Crippen LogP contribution < -0.4 is 10.6 Å². The molecule has 0 amide bonds. The standard InChI is InChI=1S/C16H24N2/c1-5-14(12-17-10-2-4-13-8-9-13)15-6-3-11-18-16(15)7-1/h1,5,7,13,17-18H,2-4,6,8-12H2. The second-order valence-corrected chi connectivity index (χ2v) is 5.74. The van der Waals surface area contributed by atoms with E-state index in [0.717, 1.165) is 19.0 Å². The van der Waals surface area contributed by atoms with Gasteiger partial charge in [0, 0.05) is 18.8 Å². The molecule has 0 unspecified atom stereocenters. The van der Waals surface area contributed by atoms with E-state index in [1.54, 1.807) is 5.56 Å². The lowest BCUT2D eigenvalue weighted by Crippen LogP contribution is -2.19. The highest BCUT2D eigenvalue weighted by Gasteiger charge is 2.19. The first-order valence-electron chi connectivity index (χ1n) is 7.49. The van der Waals surface area contributed by atoms with Gasteiger partial charge in [-0.3, -0.25) is 0 Å². The van der Waals surface area contributed by atoms with E-state index in [1.807, 2.05) is 0 Å². The molecule has 1 aliphatic carbocycles. The van der Waals surface area contributed by atoms with Crippen molar-refractivity contribution < 1.29 is 0 Å². The van der Waals surface area contributed by atoms with Gasteiger partial charge in [-0.2, -0.15) is 0 Å². The predicted octanol–water partition coefficient (Wildman–Crippen LogP) is 3.32. The third-order valence-corrected chi connectivity index (χ3v) is 4.17. The maximum atomic E-state index is 3.61. The van der Waals surface area contributed by atoms with Crippen LogP contribution in [0.4, 0.5) is 5.69 Å². The number of hydrogen-bond acceptors (Lipinski definition) is 2. The topological polar surface area (TPSA) is 24.1 Å². The Morgan fingerprint density at radius 1 is 1.28 bits per heavy atom. The summed E-state index contributed by atoms with van der Waals surface area (Å²) in [5.41, 5.74) is 4.39. The van der Waals surface area contributed by atoms with Crippen LogP contribution in [0.5, 0.6) is 0 Å². The molecule has 0 bridgehead atoms. The number of nitrogens with one attached hydrogen (secondary N) is 2. The molecule has 1 saturated carbocycles. The lowest BCUT2D eigenvalue weighted by atomic mass is 9.97. The van der Waals surface area contributed by atoms with Gasteiger partial charge in [0.1, 0.15) is 0 Å². The fraction of sp³-hybridized carbons (Fsp3) is 0.625. The van der Waals surface area contributed by atoms with Gasteiger partial charge in [-0.1, -0.05) is 25.0 Å². The van der Waals surface area contributed by atoms with Crippen molar-refractivity contribution in [3.8, 4) is 0 Å². The molecule has 1 aromatic rings. The van der Waals surface area contributed by atoms with Gasteiger partial charge in [-0.15, -0.1) is 0 Å². The number of hydrogen-bond donors (Lipinski definition) is 2. The minimum Gasteiger partial charge on any atom is -0.385 e. The zero-order chi connectivity index (χ0) is 12.2. The van der Waals surface area contributed by atoms with Gasteiger partial charge in [0.05, 0.1) is 0 Å². The van der Waals surface area contributed by atoms with Crippen LogP contribution in [0, 0.1) is 5.92 Å². The first kappa shape index (κ1) is 12.0. The Morgan fingerprint density at radius 2 is 2.22 bits per heavy atom. The molecule has 2 nitrogen and oxygen atoms in total. The molecule has 1 heterocycles. The van der Waals surface area contributed by atoms with E-state index in [4.69, 9.17) is 0 Å². The van der Waals surface area contributed by atoms with Crippen molar-refractivity contribution in [2.45, 2.75) is 45.1 Å². The van der Waals surface area contributed by atoms with Gasteiger partial charge in [0.25, 0.3) is 0 Å². The Hall–Kier alpha value is -1.02. The van der Waals surface area contributed by atoms with E-state index in [9.17, 15) is 0 Å². The maximum Gasteiger partial charge on any atom is 0.0375 e. The summed E-state index contributed by atoms with van der Waals surface area (Å²) in [6.07, 6.45) is 8.25. The molecule has 2 N–H and O–H groups in total. The highest BCUT2D eigenvalue weighted by Crippen LogP contribution is 2.33. The summed E-state index contributed by atoms with van der Waals surface area (Å²) in [6.45, 7) is 3.34. The van der Waals surface area contributed by atoms with Crippen LogP contribution in [0.15, 0.2) is 18.2 Å². The van der Waals surface area contributed by atoms with Crippen molar-refractivity contribution in [1.82, 2.24) is 5.32 Å². The molecule has 18 heavy (non-hydrogen) atoms. The molecule has 1 fully saturated rings. The van der Waals surface area contributed by atoms with E-state index >= 15 is 0 Å². The molecule has 0 saturated heterocycles. The number of anilines is 1. The molecule has 0 aromatic heterocycles. The van der Waals surface area contributed by atoms with Gasteiger partial charge < -0.3 is 10.6 Å². The SMILES string of the molecule is c1cc(CNCCCC2CC2)c2c(c1)NCCC2. The second kappa shape index (κ2) is 5.75. The summed E-state index contributed by atoms with van der Waals surface area (Å²) in [5.74, 6) is 1.07. The van der Waals surface area contributed by atoms with Crippen LogP contribution in [0.1, 0.15) is 43.2 Å². The monoisotopic (exact) mass is 244 g/mol. The Morgan fingerprint density at radius 3 is 3.11 bits per heavy atom. The first-order chi connectivity index (χ1) is 8.93. The fourth-order valence-corrected chi connectivity index (χ4v) is 2.89. The van der Waals surface area contributed by atoms with E-state index in [0.29, 0.717) is 0 Å². The van der Waals surface area contributed by atoms with E-state index < -0.39 is 0 Å². The Bertz CT molecular complexity index is 396. The minimum absolute atomic E-state index is 1.04. The highest BCUT2D eigenvalue weighted by atomic mass is 14.9. The van der Waals surface area contributed by atoms with Crippen molar-refractivity contribution in [2.75, 3.05) is 18.4 Å². The number of rotatable bonds is 6. The van der Waals surface area contributed by atoms with Crippen molar-refractivity contribution in [1.29, 1.82) is 0 Å². The van der Waals surface area contributed by atoms with Crippen LogP contribution in [-0.2, 0) is 13.0 Å². The molecule has 3 rings (SSSR count). The summed E-state index contributed by atoms with van der Waals surface area (Å²) < 4.78 is 0. The van der Waals surface area contributed by atoms with E-state index in [2.05, 4.69) is 28.8 Å². The summed E-state index contributed by atoms with van der Waals surface area (Å²) in [7, 11) is 0. The Balaban J connectivity index is 1.48. The van der Waals surface area contributed by atoms with Crippen LogP contribution in [0.25, 0.3) is 0 Å². The third kappa shape index (κ3) is 3.05. The van der Waals surface area contributed by atoms with Gasteiger partial charge in [0.15, 0.2) is 0 Å². The normalized spacial score (nSPS) is 18.2. The molecule has 1 aliphatic heterocycles. The van der Waals surface area contributed by atoms with Crippen LogP contribution in [0.2, 0.25) is 0 Å². The average molecular weight is 244 g/mol. The fourth-order valence-electron chi connectivity index (χ4n) is 2.89. The molecule has 0 radical (unpaired) electrons. The van der Waals surface area contributed by atoms with Crippen molar-refractivity contribution in [3.05, 3.63) is 29.3 Å². The predicted molar refractivity (Wildman–Crippen MR) is 76.9 cm³/mol. The highest BCUT2D eigenvalue weighted by molar-refractivity contribution is 5.56. The summed E-state index contributed by atoms with van der Waals surface area (Å²) >= 11 is 0. The molecule has 1 aromatic carbocycles. The van der Waals surface area contributed by atoms with Gasteiger partial charge in [0.2, 0.25) is 0 Å². The smallest absolute Gasteiger partial charge is 0.0375 e. The number of benzene rings is 1. The summed E-state index contributed by atoms with van der Waals surface area (Å²) in [5, 5.41) is 7.11. The molecule has 2 heteroatoms. The maximum absolute atomic E-state index is 3.61. The largest absolute Gasteiger partial charge is 0.385 e. The molecule has 2 aliphatic rings. The van der Waals surface area contributed by atoms with Gasteiger partial charge >= 0.3 is 0 Å². The molecule has 98 valence electrons. The lowest BCUT2D eigenvalue weighted by molar-refractivity contribution is 0.591. The molecular weight excluding hydrogens is 220 g/mol. The van der Waals surface area contributed by atoms with Crippen LogP contribution in [0.3, 0.4) is 0 Å². The number of fused-ring (bicyclic) bond motifs is 1. The van der Waals surface area contributed by atoms with Crippen molar-refractivity contribution in [2.24, 2.45) is 5.92 Å². The van der Waals surface area contributed by atoms with E-state index in [-0.39, 0.29) is 0 Å². The van der Waals surface area contributed by atoms with E-state index in [1.165, 1.54) is 56.3 Å². The van der Waals surface area contributed by atoms with Crippen molar-refractivity contribution in [3.63, 3.8) is 0 Å². The lowest BCUT2D eigenvalue weighted by Gasteiger charge is -2.21. The van der Waals surface area contributed by atoms with Crippen molar-refractivity contribution >= 4 is 5.69 Å². The summed E-state index contributed by atoms with van der Waals surface area (Å²) in [4.78, 5) is 0. The second-order valence-electron chi connectivity index (χ2n) is 5.74. The molecular formula is C16H24N2. The first-order valence-corrected chi connectivity index (χ1v) is 7.49. The molecule has 0 spiro atoms. The minimum atomic E-state index is 1.04. The van der Waals surface area contributed by atoms with Crippen LogP contribution in [-0.4, -0.2) is 13.1 Å². The average Bonchev–Trinajstić information content (AvgIpc) is 3.23. The third-order valence-electron chi connectivity index (χ3n) is 4.17. The zero-order valence-corrected chi connectivity index (χ0v) is 11.2. The Kier molecular flexibility index (Phi) is 3.84.